The molecule has 4 heteroatoms. The third-order valence-corrected chi connectivity index (χ3v) is 4.55. The average Bonchev–Trinajstić information content (AvgIpc) is 2.51. The van der Waals surface area contributed by atoms with Gasteiger partial charge in [-0.05, 0) is 45.0 Å². The lowest BCUT2D eigenvalue weighted by atomic mass is 10.0. The Balaban J connectivity index is 2.31. The first-order chi connectivity index (χ1) is 10.6. The largest absolute Gasteiger partial charge is 0.312 e. The van der Waals surface area contributed by atoms with Gasteiger partial charge in [0.2, 0.25) is 0 Å². The fourth-order valence-electron chi connectivity index (χ4n) is 3.26. The predicted molar refractivity (Wildman–Crippen MR) is 92.4 cm³/mol. The molecule has 1 aromatic rings. The van der Waals surface area contributed by atoms with Gasteiger partial charge in [-0.25, -0.2) is 0 Å². The van der Waals surface area contributed by atoms with Crippen LogP contribution < -0.4 is 10.9 Å². The Kier molecular flexibility index (Phi) is 6.21. The summed E-state index contributed by atoms with van der Waals surface area (Å²) in [6.07, 6.45) is 3.33. The van der Waals surface area contributed by atoms with Crippen LogP contribution in [0, 0.1) is 0 Å². The first-order valence-electron chi connectivity index (χ1n) is 8.77. The van der Waals surface area contributed by atoms with Gasteiger partial charge in [0.05, 0.1) is 0 Å². The van der Waals surface area contributed by atoms with E-state index in [1.54, 1.807) is 0 Å². The van der Waals surface area contributed by atoms with Crippen molar-refractivity contribution >= 4 is 0 Å². The Morgan fingerprint density at radius 2 is 2.09 bits per heavy atom. The maximum absolute atomic E-state index is 12.8. The number of fused-ring (bicyclic) bond motifs is 1. The molecule has 0 aromatic carbocycles. The molecule has 0 saturated carbocycles. The molecule has 1 aliphatic rings. The molecule has 2 rings (SSSR count). The number of nitrogens with zero attached hydrogens (tertiary/aromatic N) is 2. The number of pyridine rings is 1. The Labute approximate surface area is 134 Å². The van der Waals surface area contributed by atoms with Crippen LogP contribution in [0.1, 0.15) is 63.4 Å². The molecule has 0 bridgehead atoms. The molecule has 1 N–H and O–H groups in total. The lowest BCUT2D eigenvalue weighted by Gasteiger charge is -2.31. The molecule has 0 unspecified atom stereocenters. The number of nitrogens with one attached hydrogen (secondary N) is 1. The topological polar surface area (TPSA) is 37.3 Å². The van der Waals surface area contributed by atoms with E-state index in [1.165, 1.54) is 17.7 Å². The van der Waals surface area contributed by atoms with Gasteiger partial charge < -0.3 is 9.88 Å². The second-order valence-electron chi connectivity index (χ2n) is 6.56. The maximum Gasteiger partial charge on any atom is 0.255 e. The molecule has 0 saturated heterocycles. The first kappa shape index (κ1) is 17.2. The van der Waals surface area contributed by atoms with E-state index in [9.17, 15) is 4.79 Å². The second-order valence-corrected chi connectivity index (χ2v) is 6.56. The van der Waals surface area contributed by atoms with Gasteiger partial charge in [-0.15, -0.1) is 0 Å². The van der Waals surface area contributed by atoms with Crippen molar-refractivity contribution < 1.29 is 0 Å². The van der Waals surface area contributed by atoms with Crippen molar-refractivity contribution in [2.45, 2.75) is 66.1 Å². The van der Waals surface area contributed by atoms with E-state index in [0.717, 1.165) is 44.6 Å². The number of unbranched alkanes of at least 4 members (excludes halogenated alkanes) is 1. The number of hydrogen-bond acceptors (Lipinski definition) is 3. The summed E-state index contributed by atoms with van der Waals surface area (Å²) in [7, 11) is 0. The predicted octanol–water partition coefficient (Wildman–Crippen LogP) is 2.70. The van der Waals surface area contributed by atoms with Crippen LogP contribution in [0.2, 0.25) is 0 Å². The highest BCUT2D eigenvalue weighted by Crippen LogP contribution is 2.21. The van der Waals surface area contributed by atoms with E-state index in [4.69, 9.17) is 0 Å². The summed E-state index contributed by atoms with van der Waals surface area (Å²) in [6, 6.07) is 2.38. The van der Waals surface area contributed by atoms with Gasteiger partial charge >= 0.3 is 0 Å². The van der Waals surface area contributed by atoms with Crippen molar-refractivity contribution in [3.05, 3.63) is 33.2 Å². The highest BCUT2D eigenvalue weighted by atomic mass is 16.1. The van der Waals surface area contributed by atoms with E-state index in [-0.39, 0.29) is 11.6 Å². The van der Waals surface area contributed by atoms with Gasteiger partial charge in [-0.1, -0.05) is 20.3 Å². The molecule has 2 heterocycles. The third kappa shape index (κ3) is 3.79. The second kappa shape index (κ2) is 7.93. The minimum atomic E-state index is 0.197. The zero-order chi connectivity index (χ0) is 16.1. The van der Waals surface area contributed by atoms with Crippen LogP contribution in [0.5, 0.6) is 0 Å². The fraction of sp³-hybridized carbons (Fsp3) is 0.722. The number of likely N-dealkylation sites (N-methyl/N-ethyl adjacent to an activating group) is 1. The smallest absolute Gasteiger partial charge is 0.255 e. The van der Waals surface area contributed by atoms with Crippen molar-refractivity contribution in [2.75, 3.05) is 19.6 Å². The molecule has 0 spiro atoms. The van der Waals surface area contributed by atoms with Crippen molar-refractivity contribution in [2.24, 2.45) is 0 Å². The lowest BCUT2D eigenvalue weighted by Crippen LogP contribution is -2.38. The molecule has 0 radical (unpaired) electrons. The van der Waals surface area contributed by atoms with Crippen LogP contribution in [0.15, 0.2) is 10.9 Å². The van der Waals surface area contributed by atoms with Crippen LogP contribution >= 0.6 is 0 Å². The summed E-state index contributed by atoms with van der Waals surface area (Å²) in [6.45, 7) is 13.4. The Bertz CT molecular complexity index is 548. The number of hydrogen-bond donors (Lipinski definition) is 1. The quantitative estimate of drug-likeness (QED) is 0.787. The molecule has 4 nitrogen and oxygen atoms in total. The van der Waals surface area contributed by atoms with Crippen LogP contribution in [0.4, 0.5) is 0 Å². The zero-order valence-electron chi connectivity index (χ0n) is 14.6. The Morgan fingerprint density at radius 3 is 2.73 bits per heavy atom. The molecule has 0 aliphatic carbocycles. The summed E-state index contributed by atoms with van der Waals surface area (Å²) in [5.41, 5.74) is 3.71. The number of rotatable bonds is 7. The zero-order valence-corrected chi connectivity index (χ0v) is 14.6. The standard InChI is InChI=1S/C18H31N3O/c1-5-7-9-19-12-15-11-16-13-20(6-2)10-8-17(16)21(14(3)4)18(15)22/h11,14,19H,5-10,12-13H2,1-4H3. The van der Waals surface area contributed by atoms with E-state index < -0.39 is 0 Å². The van der Waals surface area contributed by atoms with Crippen LogP contribution in [0.3, 0.4) is 0 Å². The molecule has 1 aromatic heterocycles. The molecule has 0 atom stereocenters. The highest BCUT2D eigenvalue weighted by molar-refractivity contribution is 5.29. The summed E-state index contributed by atoms with van der Waals surface area (Å²) >= 11 is 0. The fourth-order valence-corrected chi connectivity index (χ4v) is 3.26. The Hall–Kier alpha value is -1.13. The van der Waals surface area contributed by atoms with E-state index >= 15 is 0 Å². The average molecular weight is 305 g/mol. The SMILES string of the molecule is CCCCNCc1cc2c(n(C(C)C)c1=O)CCN(CC)C2. The molecule has 22 heavy (non-hydrogen) atoms. The molecule has 124 valence electrons. The van der Waals surface area contributed by atoms with Crippen LogP contribution in [0.25, 0.3) is 0 Å². The minimum absolute atomic E-state index is 0.197. The maximum atomic E-state index is 12.8. The van der Waals surface area contributed by atoms with Gasteiger partial charge in [-0.2, -0.15) is 0 Å². The first-order valence-corrected chi connectivity index (χ1v) is 8.77. The van der Waals surface area contributed by atoms with Crippen LogP contribution in [-0.4, -0.2) is 29.1 Å². The minimum Gasteiger partial charge on any atom is -0.312 e. The third-order valence-electron chi connectivity index (χ3n) is 4.55. The Morgan fingerprint density at radius 1 is 1.32 bits per heavy atom. The molecular formula is C18H31N3O. The summed E-state index contributed by atoms with van der Waals surface area (Å²) in [4.78, 5) is 15.3. The van der Waals surface area contributed by atoms with Crippen molar-refractivity contribution in [1.29, 1.82) is 0 Å². The summed E-state index contributed by atoms with van der Waals surface area (Å²) < 4.78 is 2.03. The molecule has 0 fully saturated rings. The van der Waals surface area contributed by atoms with Crippen molar-refractivity contribution in [3.63, 3.8) is 0 Å². The summed E-state index contributed by atoms with van der Waals surface area (Å²) in [5.74, 6) is 0. The van der Waals surface area contributed by atoms with E-state index in [2.05, 4.69) is 44.0 Å². The van der Waals surface area contributed by atoms with Crippen molar-refractivity contribution in [1.82, 2.24) is 14.8 Å². The molecule has 1 aliphatic heterocycles. The van der Waals surface area contributed by atoms with E-state index in [0.29, 0.717) is 6.54 Å². The van der Waals surface area contributed by atoms with Crippen molar-refractivity contribution in [3.8, 4) is 0 Å². The monoisotopic (exact) mass is 305 g/mol. The molecule has 0 amide bonds. The van der Waals surface area contributed by atoms with Gasteiger partial charge in [0, 0.05) is 43.4 Å². The number of aromatic nitrogens is 1. The van der Waals surface area contributed by atoms with Gasteiger partial charge in [0.15, 0.2) is 0 Å². The van der Waals surface area contributed by atoms with E-state index in [1.807, 2.05) is 4.57 Å². The normalized spacial score (nSPS) is 15.3. The van der Waals surface area contributed by atoms with Gasteiger partial charge in [-0.3, -0.25) is 9.69 Å². The lowest BCUT2D eigenvalue weighted by molar-refractivity contribution is 0.260. The van der Waals surface area contributed by atoms with Gasteiger partial charge in [0.1, 0.15) is 0 Å². The van der Waals surface area contributed by atoms with Gasteiger partial charge in [0.25, 0.3) is 5.56 Å². The van der Waals surface area contributed by atoms with Crippen LogP contribution in [-0.2, 0) is 19.5 Å². The highest BCUT2D eigenvalue weighted by Gasteiger charge is 2.22. The molecular weight excluding hydrogens is 274 g/mol. The summed E-state index contributed by atoms with van der Waals surface area (Å²) in [5, 5.41) is 3.41.